The van der Waals surface area contributed by atoms with Crippen molar-refractivity contribution in [3.05, 3.63) is 66.1 Å². The van der Waals surface area contributed by atoms with Crippen LogP contribution in [0.5, 0.6) is 0 Å². The summed E-state index contributed by atoms with van der Waals surface area (Å²) < 4.78 is 31.7. The van der Waals surface area contributed by atoms with Crippen LogP contribution in [0.4, 0.5) is 19.0 Å². The number of rotatable bonds is 4. The van der Waals surface area contributed by atoms with E-state index in [1.807, 2.05) is 30.7 Å². The predicted molar refractivity (Wildman–Crippen MR) is 112 cm³/mol. The van der Waals surface area contributed by atoms with Gasteiger partial charge < -0.3 is 10.4 Å². The lowest BCUT2D eigenvalue weighted by molar-refractivity contribution is -0.192. The number of carbonyl (C=O) groups is 1. The van der Waals surface area contributed by atoms with Crippen molar-refractivity contribution in [2.45, 2.75) is 32.1 Å². The fourth-order valence-corrected chi connectivity index (χ4v) is 3.42. The molecule has 4 rings (SSSR count). The highest BCUT2D eigenvalue weighted by Crippen LogP contribution is 2.22. The van der Waals surface area contributed by atoms with E-state index in [0.717, 1.165) is 37.3 Å². The molecule has 6 nitrogen and oxygen atoms in total. The van der Waals surface area contributed by atoms with E-state index in [2.05, 4.69) is 51.4 Å². The average molecular weight is 432 g/mol. The second-order valence-electron chi connectivity index (χ2n) is 7.28. The summed E-state index contributed by atoms with van der Waals surface area (Å²) in [5.41, 5.74) is 2.96. The minimum absolute atomic E-state index is 0.451. The van der Waals surface area contributed by atoms with E-state index >= 15 is 0 Å². The fraction of sp³-hybridized carbons (Fsp3) is 0.318. The Hall–Kier alpha value is -3.20. The average Bonchev–Trinajstić information content (AvgIpc) is 2.77. The van der Waals surface area contributed by atoms with Crippen molar-refractivity contribution in [3.63, 3.8) is 0 Å². The molecule has 1 aliphatic rings. The molecule has 0 fully saturated rings. The van der Waals surface area contributed by atoms with E-state index in [-0.39, 0.29) is 0 Å². The first kappa shape index (κ1) is 22.5. The number of benzene rings is 1. The number of carboxylic acid groups (broad SMARTS) is 1. The van der Waals surface area contributed by atoms with Gasteiger partial charge in [-0.25, -0.2) is 9.78 Å². The van der Waals surface area contributed by atoms with Gasteiger partial charge in [0, 0.05) is 49.7 Å². The first-order chi connectivity index (χ1) is 14.8. The Morgan fingerprint density at radius 3 is 2.58 bits per heavy atom. The van der Waals surface area contributed by atoms with Crippen LogP contribution in [0.2, 0.25) is 0 Å². The van der Waals surface area contributed by atoms with Crippen LogP contribution in [0.15, 0.2) is 55.0 Å². The Balaban J connectivity index is 0.000000339. The van der Waals surface area contributed by atoms with Crippen LogP contribution in [0.25, 0.3) is 10.8 Å². The summed E-state index contributed by atoms with van der Waals surface area (Å²) in [6.07, 6.45) is 1.61. The maximum atomic E-state index is 10.6. The summed E-state index contributed by atoms with van der Waals surface area (Å²) in [7, 11) is 0. The van der Waals surface area contributed by atoms with Crippen molar-refractivity contribution in [3.8, 4) is 0 Å². The lowest BCUT2D eigenvalue weighted by atomic mass is 9.99. The van der Waals surface area contributed by atoms with E-state index < -0.39 is 12.1 Å². The quantitative estimate of drug-likeness (QED) is 0.646. The van der Waals surface area contributed by atoms with Gasteiger partial charge in [-0.1, -0.05) is 24.3 Å². The van der Waals surface area contributed by atoms with Crippen LogP contribution in [0, 0.1) is 0 Å². The number of hydrogen-bond acceptors (Lipinski definition) is 5. The number of anilines is 1. The van der Waals surface area contributed by atoms with Gasteiger partial charge in [0.15, 0.2) is 0 Å². The van der Waals surface area contributed by atoms with Crippen molar-refractivity contribution in [2.75, 3.05) is 18.4 Å². The van der Waals surface area contributed by atoms with Crippen molar-refractivity contribution in [1.29, 1.82) is 0 Å². The zero-order chi connectivity index (χ0) is 22.4. The maximum absolute atomic E-state index is 10.6. The number of aliphatic carboxylic acids is 1. The number of hydrogen-bond donors (Lipinski definition) is 2. The third-order valence-electron chi connectivity index (χ3n) is 5.16. The van der Waals surface area contributed by atoms with Crippen LogP contribution < -0.4 is 5.32 Å². The zero-order valence-corrected chi connectivity index (χ0v) is 16.9. The summed E-state index contributed by atoms with van der Waals surface area (Å²) in [5, 5.41) is 12.9. The number of pyridine rings is 2. The van der Waals surface area contributed by atoms with Gasteiger partial charge in [0.2, 0.25) is 0 Å². The van der Waals surface area contributed by atoms with Crippen LogP contribution >= 0.6 is 0 Å². The second kappa shape index (κ2) is 9.74. The van der Waals surface area contributed by atoms with Gasteiger partial charge in [0.05, 0.1) is 0 Å². The van der Waals surface area contributed by atoms with Crippen LogP contribution in [-0.4, -0.2) is 51.3 Å². The Kier molecular flexibility index (Phi) is 7.06. The Bertz CT molecular complexity index is 1040. The lowest BCUT2D eigenvalue weighted by Gasteiger charge is -2.34. The molecule has 2 N–H and O–H groups in total. The van der Waals surface area contributed by atoms with E-state index in [0.29, 0.717) is 6.04 Å². The lowest BCUT2D eigenvalue weighted by Crippen LogP contribution is -2.41. The molecule has 0 saturated carbocycles. The molecule has 0 radical (unpaired) electrons. The predicted octanol–water partition coefficient (Wildman–Crippen LogP) is 4.12. The van der Waals surface area contributed by atoms with Crippen molar-refractivity contribution in [2.24, 2.45) is 0 Å². The normalized spacial score (nSPS) is 14.8. The topological polar surface area (TPSA) is 78.4 Å². The number of nitrogens with zero attached hydrogens (tertiary/aromatic N) is 3. The molecule has 0 saturated heterocycles. The molecule has 0 spiro atoms. The molecule has 1 atom stereocenters. The molecule has 2 aromatic heterocycles. The summed E-state index contributed by atoms with van der Waals surface area (Å²) in [5.74, 6) is -1.84. The van der Waals surface area contributed by atoms with Crippen molar-refractivity contribution in [1.82, 2.24) is 14.9 Å². The molecular weight excluding hydrogens is 409 g/mol. The molecule has 3 aromatic rings. The standard InChI is InChI=1S/C20H22N4.C2HF3O2/c1-15(24-11-8-16-4-2-3-5-18(16)14-24)12-23-20-19-13-21-9-6-17(19)7-10-22-20;3-2(4,5)1(6)7/h2-7,9-10,13,15H,8,11-12,14H2,1H3,(H,22,23);(H,6,7). The highest BCUT2D eigenvalue weighted by Gasteiger charge is 2.38. The molecule has 0 aliphatic carbocycles. The van der Waals surface area contributed by atoms with E-state index in [1.54, 1.807) is 0 Å². The van der Waals surface area contributed by atoms with Gasteiger partial charge in [-0.3, -0.25) is 9.88 Å². The highest BCUT2D eigenvalue weighted by molar-refractivity contribution is 5.90. The zero-order valence-electron chi connectivity index (χ0n) is 16.9. The van der Waals surface area contributed by atoms with Gasteiger partial charge in [0.1, 0.15) is 5.82 Å². The molecule has 9 heteroatoms. The Morgan fingerprint density at radius 2 is 1.87 bits per heavy atom. The van der Waals surface area contributed by atoms with Gasteiger partial charge in [-0.15, -0.1) is 0 Å². The number of aromatic nitrogens is 2. The first-order valence-corrected chi connectivity index (χ1v) is 9.79. The van der Waals surface area contributed by atoms with Crippen LogP contribution in [0.1, 0.15) is 18.1 Å². The minimum atomic E-state index is -5.08. The van der Waals surface area contributed by atoms with Gasteiger partial charge >= 0.3 is 12.1 Å². The van der Waals surface area contributed by atoms with Gasteiger partial charge in [-0.05, 0) is 42.0 Å². The summed E-state index contributed by atoms with van der Waals surface area (Å²) >= 11 is 0. The third-order valence-corrected chi connectivity index (χ3v) is 5.16. The molecular formula is C22H23F3N4O2. The number of fused-ring (bicyclic) bond motifs is 2. The third kappa shape index (κ3) is 5.91. The number of nitrogens with one attached hydrogen (secondary N) is 1. The van der Waals surface area contributed by atoms with Crippen LogP contribution in [0.3, 0.4) is 0 Å². The molecule has 31 heavy (non-hydrogen) atoms. The Morgan fingerprint density at radius 1 is 1.19 bits per heavy atom. The van der Waals surface area contributed by atoms with Crippen molar-refractivity contribution >= 4 is 22.6 Å². The molecule has 164 valence electrons. The molecule has 3 heterocycles. The fourth-order valence-electron chi connectivity index (χ4n) is 3.42. The molecule has 1 aromatic carbocycles. The molecule has 0 bridgehead atoms. The summed E-state index contributed by atoms with van der Waals surface area (Å²) in [6.45, 7) is 5.31. The van der Waals surface area contributed by atoms with Crippen molar-refractivity contribution < 1.29 is 23.1 Å². The van der Waals surface area contributed by atoms with Crippen LogP contribution in [-0.2, 0) is 17.8 Å². The summed E-state index contributed by atoms with van der Waals surface area (Å²) in [4.78, 5) is 20.2. The maximum Gasteiger partial charge on any atom is 0.490 e. The summed E-state index contributed by atoms with van der Waals surface area (Å²) in [6, 6.07) is 13.3. The Labute approximate surface area is 177 Å². The second-order valence-corrected chi connectivity index (χ2v) is 7.28. The molecule has 1 unspecified atom stereocenters. The smallest absolute Gasteiger partial charge is 0.475 e. The highest BCUT2D eigenvalue weighted by atomic mass is 19.4. The van der Waals surface area contributed by atoms with Gasteiger partial charge in [0.25, 0.3) is 0 Å². The largest absolute Gasteiger partial charge is 0.490 e. The first-order valence-electron chi connectivity index (χ1n) is 9.79. The van der Waals surface area contributed by atoms with E-state index in [9.17, 15) is 13.2 Å². The molecule has 0 amide bonds. The number of alkyl halides is 3. The monoisotopic (exact) mass is 432 g/mol. The van der Waals surface area contributed by atoms with E-state index in [1.165, 1.54) is 16.5 Å². The minimum Gasteiger partial charge on any atom is -0.475 e. The number of carboxylic acids is 1. The van der Waals surface area contributed by atoms with E-state index in [4.69, 9.17) is 9.90 Å². The molecule has 1 aliphatic heterocycles. The SMILES string of the molecule is CC(CNc1nccc2ccncc12)N1CCc2ccccc2C1.O=C(O)C(F)(F)F. The van der Waals surface area contributed by atoms with Gasteiger partial charge in [-0.2, -0.15) is 13.2 Å². The number of halogens is 3.